The summed E-state index contributed by atoms with van der Waals surface area (Å²) >= 11 is 0. The van der Waals surface area contributed by atoms with E-state index in [0.29, 0.717) is 23.4 Å². The van der Waals surface area contributed by atoms with Gasteiger partial charge in [-0.2, -0.15) is 0 Å². The maximum absolute atomic E-state index is 12.2. The van der Waals surface area contributed by atoms with Crippen molar-refractivity contribution < 1.29 is 23.2 Å². The first kappa shape index (κ1) is 17.5. The Morgan fingerprint density at radius 1 is 1.04 bits per heavy atom. The third kappa shape index (κ3) is 4.80. The molecule has 0 fully saturated rings. The standard InChI is InChI=1S/C15H18BNO5S/c1-2-22-14-7-9-15(10-8-14)23(20,21)17-11-12-3-5-13(6-4-12)16(18)19/h3-10,17-19H,2,11H2,1H3. The number of benzene rings is 2. The summed E-state index contributed by atoms with van der Waals surface area (Å²) in [6.07, 6.45) is 0. The van der Waals surface area contributed by atoms with E-state index in [-0.39, 0.29) is 11.4 Å². The van der Waals surface area contributed by atoms with E-state index < -0.39 is 17.1 Å². The fraction of sp³-hybridized carbons (Fsp3) is 0.200. The number of ether oxygens (including phenoxy) is 1. The molecule has 2 rings (SSSR count). The van der Waals surface area contributed by atoms with Crippen molar-refractivity contribution in [3.05, 3.63) is 54.1 Å². The number of nitrogens with one attached hydrogen (secondary N) is 1. The van der Waals surface area contributed by atoms with E-state index in [2.05, 4.69) is 4.72 Å². The zero-order valence-corrected chi connectivity index (χ0v) is 13.5. The Labute approximate surface area is 135 Å². The molecule has 0 aliphatic heterocycles. The predicted molar refractivity (Wildman–Crippen MR) is 87.9 cm³/mol. The van der Waals surface area contributed by atoms with Crippen LogP contribution in [0, 0.1) is 0 Å². The van der Waals surface area contributed by atoms with E-state index in [1.54, 1.807) is 24.3 Å². The molecule has 0 unspecified atom stereocenters. The van der Waals surface area contributed by atoms with E-state index in [4.69, 9.17) is 14.8 Å². The van der Waals surface area contributed by atoms with Crippen molar-refractivity contribution in [3.63, 3.8) is 0 Å². The van der Waals surface area contributed by atoms with Crippen LogP contribution in [-0.4, -0.2) is 32.2 Å². The Morgan fingerprint density at radius 3 is 2.17 bits per heavy atom. The van der Waals surface area contributed by atoms with Gasteiger partial charge < -0.3 is 14.8 Å². The molecule has 122 valence electrons. The monoisotopic (exact) mass is 335 g/mol. The summed E-state index contributed by atoms with van der Waals surface area (Å²) in [5, 5.41) is 18.0. The molecule has 0 aromatic heterocycles. The maximum atomic E-state index is 12.2. The van der Waals surface area contributed by atoms with Crippen LogP contribution in [0.25, 0.3) is 0 Å². The first-order chi connectivity index (χ1) is 10.9. The van der Waals surface area contributed by atoms with Gasteiger partial charge in [0.05, 0.1) is 11.5 Å². The zero-order chi connectivity index (χ0) is 16.9. The molecule has 23 heavy (non-hydrogen) atoms. The molecule has 0 saturated carbocycles. The summed E-state index contributed by atoms with van der Waals surface area (Å²) in [6, 6.07) is 12.5. The lowest BCUT2D eigenvalue weighted by atomic mass is 9.80. The van der Waals surface area contributed by atoms with Gasteiger partial charge in [-0.25, -0.2) is 13.1 Å². The second-order valence-corrected chi connectivity index (χ2v) is 6.61. The molecule has 8 heteroatoms. The summed E-state index contributed by atoms with van der Waals surface area (Å²) in [5.41, 5.74) is 1.06. The number of hydrogen-bond donors (Lipinski definition) is 3. The van der Waals surface area contributed by atoms with Crippen LogP contribution in [0.4, 0.5) is 0 Å². The van der Waals surface area contributed by atoms with Crippen molar-refractivity contribution in [2.45, 2.75) is 18.4 Å². The average molecular weight is 335 g/mol. The van der Waals surface area contributed by atoms with Crippen LogP contribution in [-0.2, 0) is 16.6 Å². The van der Waals surface area contributed by atoms with Gasteiger partial charge in [-0.05, 0) is 42.2 Å². The summed E-state index contributed by atoms with van der Waals surface area (Å²) in [7, 11) is -5.16. The second-order valence-electron chi connectivity index (χ2n) is 4.84. The van der Waals surface area contributed by atoms with Gasteiger partial charge in [0.2, 0.25) is 10.0 Å². The molecule has 0 radical (unpaired) electrons. The topological polar surface area (TPSA) is 95.9 Å². The third-order valence-corrected chi connectivity index (χ3v) is 4.61. The van der Waals surface area contributed by atoms with Gasteiger partial charge in [-0.3, -0.25) is 0 Å². The quantitative estimate of drug-likeness (QED) is 0.630. The predicted octanol–water partition coefficient (Wildman–Crippen LogP) is 0.244. The lowest BCUT2D eigenvalue weighted by molar-refractivity contribution is 0.340. The van der Waals surface area contributed by atoms with Gasteiger partial charge in [0, 0.05) is 6.54 Å². The van der Waals surface area contributed by atoms with Gasteiger partial charge in [0.25, 0.3) is 0 Å². The second kappa shape index (κ2) is 7.61. The minimum Gasteiger partial charge on any atom is -0.494 e. The maximum Gasteiger partial charge on any atom is 0.488 e. The van der Waals surface area contributed by atoms with E-state index in [1.165, 1.54) is 24.3 Å². The third-order valence-electron chi connectivity index (χ3n) is 3.19. The lowest BCUT2D eigenvalue weighted by Gasteiger charge is -2.09. The molecule has 6 nitrogen and oxygen atoms in total. The molecular weight excluding hydrogens is 317 g/mol. The summed E-state index contributed by atoms with van der Waals surface area (Å²) in [6.45, 7) is 2.48. The van der Waals surface area contributed by atoms with Crippen molar-refractivity contribution in [2.24, 2.45) is 0 Å². The Bertz CT molecular complexity index is 729. The van der Waals surface area contributed by atoms with Crippen LogP contribution in [0.5, 0.6) is 5.75 Å². The van der Waals surface area contributed by atoms with Gasteiger partial charge in [0.15, 0.2) is 0 Å². The van der Waals surface area contributed by atoms with Gasteiger partial charge in [-0.1, -0.05) is 24.3 Å². The van der Waals surface area contributed by atoms with Gasteiger partial charge in [-0.15, -0.1) is 0 Å². The van der Waals surface area contributed by atoms with Gasteiger partial charge >= 0.3 is 7.12 Å². The van der Waals surface area contributed by atoms with Crippen LogP contribution in [0.3, 0.4) is 0 Å². The molecule has 2 aromatic carbocycles. The molecule has 0 saturated heterocycles. The van der Waals surface area contributed by atoms with Crippen LogP contribution in [0.2, 0.25) is 0 Å². The molecule has 2 aromatic rings. The van der Waals surface area contributed by atoms with Crippen molar-refractivity contribution in [3.8, 4) is 5.75 Å². The highest BCUT2D eigenvalue weighted by Crippen LogP contribution is 2.16. The summed E-state index contributed by atoms with van der Waals surface area (Å²) in [5.74, 6) is 0.615. The van der Waals surface area contributed by atoms with Crippen molar-refractivity contribution in [1.82, 2.24) is 4.72 Å². The molecule has 0 aliphatic carbocycles. The molecule has 0 aliphatic rings. The van der Waals surface area contributed by atoms with Crippen LogP contribution in [0.15, 0.2) is 53.4 Å². The first-order valence-electron chi connectivity index (χ1n) is 7.10. The SMILES string of the molecule is CCOc1ccc(S(=O)(=O)NCc2ccc(B(O)O)cc2)cc1. The summed E-state index contributed by atoms with van der Waals surface area (Å²) in [4.78, 5) is 0.156. The largest absolute Gasteiger partial charge is 0.494 e. The molecule has 0 spiro atoms. The zero-order valence-electron chi connectivity index (χ0n) is 12.6. The normalized spacial score (nSPS) is 11.3. The number of sulfonamides is 1. The number of hydrogen-bond acceptors (Lipinski definition) is 5. The fourth-order valence-corrected chi connectivity index (χ4v) is 2.97. The Kier molecular flexibility index (Phi) is 5.78. The molecule has 0 heterocycles. The molecule has 0 amide bonds. The Balaban J connectivity index is 2.03. The van der Waals surface area contributed by atoms with Crippen LogP contribution in [0.1, 0.15) is 12.5 Å². The van der Waals surface area contributed by atoms with Crippen molar-refractivity contribution >= 4 is 22.6 Å². The number of rotatable bonds is 7. The highest BCUT2D eigenvalue weighted by molar-refractivity contribution is 7.89. The Hall–Kier alpha value is -1.87. The van der Waals surface area contributed by atoms with Crippen molar-refractivity contribution in [2.75, 3.05) is 6.61 Å². The minimum atomic E-state index is -3.62. The van der Waals surface area contributed by atoms with E-state index in [9.17, 15) is 8.42 Å². The molecule has 3 N–H and O–H groups in total. The lowest BCUT2D eigenvalue weighted by Crippen LogP contribution is -2.30. The average Bonchev–Trinajstić information content (AvgIpc) is 2.54. The molecule has 0 atom stereocenters. The minimum absolute atomic E-state index is 0.108. The first-order valence-corrected chi connectivity index (χ1v) is 8.58. The van der Waals surface area contributed by atoms with E-state index >= 15 is 0 Å². The van der Waals surface area contributed by atoms with Crippen molar-refractivity contribution in [1.29, 1.82) is 0 Å². The summed E-state index contributed by atoms with van der Waals surface area (Å²) < 4.78 is 32.2. The smallest absolute Gasteiger partial charge is 0.488 e. The van der Waals surface area contributed by atoms with Gasteiger partial charge in [0.1, 0.15) is 5.75 Å². The highest BCUT2D eigenvalue weighted by Gasteiger charge is 2.14. The molecule has 0 bridgehead atoms. The van der Waals surface area contributed by atoms with E-state index in [1.807, 2.05) is 6.92 Å². The van der Waals surface area contributed by atoms with Crippen LogP contribution < -0.4 is 14.9 Å². The Morgan fingerprint density at radius 2 is 1.65 bits per heavy atom. The molecular formula is C15H18BNO5S. The highest BCUT2D eigenvalue weighted by atomic mass is 32.2. The van der Waals surface area contributed by atoms with Crippen LogP contribution >= 0.6 is 0 Å². The van der Waals surface area contributed by atoms with E-state index in [0.717, 1.165) is 0 Å². The fourth-order valence-electron chi connectivity index (χ4n) is 1.95.